The third-order valence-corrected chi connectivity index (χ3v) is 3.99. The Balaban J connectivity index is 2.51. The van der Waals surface area contributed by atoms with Crippen molar-refractivity contribution in [2.24, 2.45) is 11.3 Å². The maximum atomic E-state index is 11.8. The van der Waals surface area contributed by atoms with Gasteiger partial charge in [-0.05, 0) is 12.3 Å². The lowest BCUT2D eigenvalue weighted by Gasteiger charge is -2.51. The Bertz CT molecular complexity index is 355. The number of carboxylic acids is 1. The van der Waals surface area contributed by atoms with Crippen LogP contribution in [-0.2, 0) is 9.53 Å². The van der Waals surface area contributed by atoms with Gasteiger partial charge in [0.15, 0.2) is 0 Å². The maximum Gasteiger partial charge on any atom is 0.326 e. The van der Waals surface area contributed by atoms with Crippen LogP contribution in [0.15, 0.2) is 0 Å². The summed E-state index contributed by atoms with van der Waals surface area (Å²) in [5.41, 5.74) is -0.136. The zero-order valence-electron chi connectivity index (χ0n) is 12.2. The molecule has 0 aromatic carbocycles. The number of urea groups is 1. The highest BCUT2D eigenvalue weighted by molar-refractivity contribution is 5.82. The van der Waals surface area contributed by atoms with E-state index in [4.69, 9.17) is 9.84 Å². The highest BCUT2D eigenvalue weighted by Crippen LogP contribution is 2.42. The molecule has 0 aromatic heterocycles. The van der Waals surface area contributed by atoms with Gasteiger partial charge in [0.05, 0.1) is 6.10 Å². The molecule has 1 fully saturated rings. The number of amides is 2. The van der Waals surface area contributed by atoms with Gasteiger partial charge in [0.25, 0.3) is 0 Å². The molecule has 1 aliphatic rings. The zero-order chi connectivity index (χ0) is 14.8. The van der Waals surface area contributed by atoms with Crippen molar-refractivity contribution in [1.29, 1.82) is 0 Å². The number of carbonyl (C=O) groups is 2. The molecule has 3 N–H and O–H groups in total. The summed E-state index contributed by atoms with van der Waals surface area (Å²) in [7, 11) is 1.65. The fourth-order valence-electron chi connectivity index (χ4n) is 2.39. The van der Waals surface area contributed by atoms with Crippen LogP contribution in [0.4, 0.5) is 4.79 Å². The van der Waals surface area contributed by atoms with Crippen molar-refractivity contribution in [2.45, 2.75) is 52.3 Å². The molecule has 0 saturated heterocycles. The second-order valence-corrected chi connectivity index (χ2v) is 6.01. The van der Waals surface area contributed by atoms with Crippen LogP contribution in [0.5, 0.6) is 0 Å². The van der Waals surface area contributed by atoms with Gasteiger partial charge < -0.3 is 20.5 Å². The van der Waals surface area contributed by atoms with Crippen molar-refractivity contribution in [3.8, 4) is 0 Å². The molecule has 2 unspecified atom stereocenters. The minimum absolute atomic E-state index is 0.000873. The number of hydrogen-bond donors (Lipinski definition) is 3. The van der Waals surface area contributed by atoms with Gasteiger partial charge in [0, 0.05) is 18.6 Å². The number of hydrogen-bond acceptors (Lipinski definition) is 3. The van der Waals surface area contributed by atoms with Crippen molar-refractivity contribution in [3.05, 3.63) is 0 Å². The number of aliphatic carboxylic acids is 1. The van der Waals surface area contributed by atoms with E-state index in [0.717, 1.165) is 6.42 Å². The normalized spacial score (nSPS) is 26.4. The number of methoxy groups -OCH3 is 1. The maximum absolute atomic E-state index is 11.8. The van der Waals surface area contributed by atoms with Crippen molar-refractivity contribution in [3.63, 3.8) is 0 Å². The molecule has 1 saturated carbocycles. The molecule has 0 aliphatic heterocycles. The van der Waals surface area contributed by atoms with E-state index in [-0.39, 0.29) is 23.5 Å². The Morgan fingerprint density at radius 2 is 1.95 bits per heavy atom. The van der Waals surface area contributed by atoms with Crippen LogP contribution in [-0.4, -0.2) is 42.4 Å². The molecule has 3 atom stereocenters. The molecule has 0 bridgehead atoms. The molecule has 0 aromatic rings. The Morgan fingerprint density at radius 3 is 2.32 bits per heavy atom. The van der Waals surface area contributed by atoms with Gasteiger partial charge in [-0.15, -0.1) is 0 Å². The molecule has 6 nitrogen and oxygen atoms in total. The van der Waals surface area contributed by atoms with Crippen LogP contribution in [0.1, 0.15) is 34.1 Å². The van der Waals surface area contributed by atoms with E-state index in [1.165, 1.54) is 0 Å². The summed E-state index contributed by atoms with van der Waals surface area (Å²) < 4.78 is 5.30. The van der Waals surface area contributed by atoms with Crippen LogP contribution in [0.2, 0.25) is 0 Å². The predicted molar refractivity (Wildman–Crippen MR) is 70.9 cm³/mol. The zero-order valence-corrected chi connectivity index (χ0v) is 12.2. The first-order chi connectivity index (χ1) is 8.70. The number of ether oxygens (including phenoxy) is 1. The smallest absolute Gasteiger partial charge is 0.326 e. The summed E-state index contributed by atoms with van der Waals surface area (Å²) in [5.74, 6) is -1.18. The largest absolute Gasteiger partial charge is 0.480 e. The molecule has 19 heavy (non-hydrogen) atoms. The van der Waals surface area contributed by atoms with E-state index >= 15 is 0 Å². The van der Waals surface area contributed by atoms with E-state index < -0.39 is 18.0 Å². The average Bonchev–Trinajstić information content (AvgIpc) is 2.30. The highest BCUT2D eigenvalue weighted by Gasteiger charge is 2.49. The van der Waals surface area contributed by atoms with Gasteiger partial charge in [-0.3, -0.25) is 0 Å². The molecule has 6 heteroatoms. The Kier molecular flexibility index (Phi) is 4.79. The summed E-state index contributed by atoms with van der Waals surface area (Å²) >= 11 is 0. The van der Waals surface area contributed by atoms with Crippen LogP contribution >= 0.6 is 0 Å². The summed E-state index contributed by atoms with van der Waals surface area (Å²) in [4.78, 5) is 22.8. The lowest BCUT2D eigenvalue weighted by Crippen LogP contribution is -2.64. The van der Waals surface area contributed by atoms with E-state index in [1.54, 1.807) is 21.0 Å². The standard InChI is InChI=1S/C13H24N2O4/c1-7(2)10(11(16)17)15-12(18)14-8-6-9(19-5)13(8,3)4/h7-10H,6H2,1-5H3,(H,16,17)(H2,14,15,18)/t8?,9?,10-/m0/s1. The lowest BCUT2D eigenvalue weighted by atomic mass is 9.64. The monoisotopic (exact) mass is 272 g/mol. The topological polar surface area (TPSA) is 87.7 Å². The first kappa shape index (κ1) is 15.8. The number of carbonyl (C=O) groups excluding carboxylic acids is 1. The molecular weight excluding hydrogens is 248 g/mol. The Morgan fingerprint density at radius 1 is 1.37 bits per heavy atom. The molecule has 0 radical (unpaired) electrons. The average molecular weight is 272 g/mol. The number of rotatable bonds is 5. The Hall–Kier alpha value is -1.30. The predicted octanol–water partition coefficient (Wildman–Crippen LogP) is 1.21. The molecular formula is C13H24N2O4. The van der Waals surface area contributed by atoms with Crippen LogP contribution in [0, 0.1) is 11.3 Å². The lowest BCUT2D eigenvalue weighted by molar-refractivity contribution is -0.140. The summed E-state index contributed by atoms with van der Waals surface area (Å²) in [6, 6.07) is -1.31. The third kappa shape index (κ3) is 3.37. The molecule has 1 rings (SSSR count). The molecule has 110 valence electrons. The Labute approximate surface area is 113 Å². The number of carboxylic acid groups (broad SMARTS) is 1. The summed E-state index contributed by atoms with van der Waals surface area (Å²) in [6.07, 6.45) is 0.870. The SMILES string of the molecule is COC1CC(NC(=O)N[C@H](C(=O)O)C(C)C)C1(C)C. The first-order valence-corrected chi connectivity index (χ1v) is 6.52. The molecule has 2 amide bonds. The minimum atomic E-state index is -1.02. The highest BCUT2D eigenvalue weighted by atomic mass is 16.5. The van der Waals surface area contributed by atoms with Crippen LogP contribution < -0.4 is 10.6 Å². The van der Waals surface area contributed by atoms with E-state index in [9.17, 15) is 9.59 Å². The van der Waals surface area contributed by atoms with Gasteiger partial charge in [-0.25, -0.2) is 9.59 Å². The van der Waals surface area contributed by atoms with Gasteiger partial charge in [-0.1, -0.05) is 27.7 Å². The second-order valence-electron chi connectivity index (χ2n) is 6.01. The molecule has 1 aliphatic carbocycles. The van der Waals surface area contributed by atoms with Crippen molar-refractivity contribution >= 4 is 12.0 Å². The van der Waals surface area contributed by atoms with E-state index in [0.29, 0.717) is 0 Å². The minimum Gasteiger partial charge on any atom is -0.480 e. The third-order valence-electron chi connectivity index (χ3n) is 3.99. The van der Waals surface area contributed by atoms with Gasteiger partial charge in [0.1, 0.15) is 6.04 Å². The van der Waals surface area contributed by atoms with Crippen molar-refractivity contribution in [2.75, 3.05) is 7.11 Å². The van der Waals surface area contributed by atoms with Crippen molar-refractivity contribution in [1.82, 2.24) is 10.6 Å². The van der Waals surface area contributed by atoms with Gasteiger partial charge >= 0.3 is 12.0 Å². The van der Waals surface area contributed by atoms with E-state index in [1.807, 2.05) is 13.8 Å². The summed E-state index contributed by atoms with van der Waals surface area (Å²) in [6.45, 7) is 7.56. The van der Waals surface area contributed by atoms with Gasteiger partial charge in [-0.2, -0.15) is 0 Å². The molecule has 0 heterocycles. The second kappa shape index (κ2) is 5.77. The quantitative estimate of drug-likeness (QED) is 0.702. The van der Waals surface area contributed by atoms with E-state index in [2.05, 4.69) is 10.6 Å². The van der Waals surface area contributed by atoms with Crippen LogP contribution in [0.25, 0.3) is 0 Å². The van der Waals surface area contributed by atoms with Crippen LogP contribution in [0.3, 0.4) is 0 Å². The fraction of sp³-hybridized carbons (Fsp3) is 0.846. The summed E-state index contributed by atoms with van der Waals surface area (Å²) in [5, 5.41) is 14.3. The fourth-order valence-corrected chi connectivity index (χ4v) is 2.39. The van der Waals surface area contributed by atoms with Crippen molar-refractivity contribution < 1.29 is 19.4 Å². The molecule has 0 spiro atoms. The number of nitrogens with one attached hydrogen (secondary N) is 2. The first-order valence-electron chi connectivity index (χ1n) is 6.52. The van der Waals surface area contributed by atoms with Gasteiger partial charge in [0.2, 0.25) is 0 Å².